The molecule has 2 aromatic rings. The number of aliphatic imine (C=N–C) groups is 1. The fraction of sp³-hybridized carbons (Fsp3) is 0.444. The van der Waals surface area contributed by atoms with E-state index < -0.39 is 0 Å². The molecule has 0 aliphatic rings. The third-order valence-corrected chi connectivity index (χ3v) is 4.73. The van der Waals surface area contributed by atoms with Crippen LogP contribution in [0.5, 0.6) is 0 Å². The van der Waals surface area contributed by atoms with Gasteiger partial charge >= 0.3 is 0 Å². The quantitative estimate of drug-likeness (QED) is 0.355. The molecule has 0 saturated carbocycles. The van der Waals surface area contributed by atoms with E-state index in [4.69, 9.17) is 0 Å². The predicted octanol–water partition coefficient (Wildman–Crippen LogP) is 3.22. The first-order valence-corrected chi connectivity index (χ1v) is 9.15. The SMILES string of the molecule is CN=C(NCCc1csc(C)n1)NCC(c1ccc(F)cc1)N(C)C.I. The summed E-state index contributed by atoms with van der Waals surface area (Å²) in [7, 11) is 5.78. The molecule has 144 valence electrons. The van der Waals surface area contributed by atoms with Crippen molar-refractivity contribution >= 4 is 41.3 Å². The number of nitrogens with one attached hydrogen (secondary N) is 2. The molecule has 0 spiro atoms. The molecular formula is C18H27FIN5S. The largest absolute Gasteiger partial charge is 0.356 e. The second kappa shape index (κ2) is 11.5. The first-order valence-electron chi connectivity index (χ1n) is 8.27. The molecule has 2 N–H and O–H groups in total. The van der Waals surface area contributed by atoms with Crippen molar-refractivity contribution in [2.75, 3.05) is 34.2 Å². The Kier molecular flexibility index (Phi) is 10.0. The summed E-state index contributed by atoms with van der Waals surface area (Å²) in [4.78, 5) is 10.8. The zero-order chi connectivity index (χ0) is 18.2. The molecule has 0 aliphatic carbocycles. The standard InChI is InChI=1S/C18H26FN5S.HI/c1-13-23-16(12-25-13)9-10-21-18(20-2)22-11-17(24(3)4)14-5-7-15(19)8-6-14;/h5-8,12,17H,9-11H2,1-4H3,(H2,20,21,22);1H. The van der Waals surface area contributed by atoms with Gasteiger partial charge in [-0.3, -0.25) is 4.99 Å². The fourth-order valence-corrected chi connectivity index (χ4v) is 3.18. The molecule has 2 rings (SSSR count). The molecule has 0 fully saturated rings. The van der Waals surface area contributed by atoms with Crippen LogP contribution >= 0.6 is 35.3 Å². The topological polar surface area (TPSA) is 52.6 Å². The minimum absolute atomic E-state index is 0. The maximum absolute atomic E-state index is 13.1. The molecule has 0 aliphatic heterocycles. The van der Waals surface area contributed by atoms with Crippen LogP contribution in [0, 0.1) is 12.7 Å². The van der Waals surface area contributed by atoms with Crippen LogP contribution in [0.4, 0.5) is 4.39 Å². The summed E-state index contributed by atoms with van der Waals surface area (Å²) >= 11 is 1.67. The first-order chi connectivity index (χ1) is 12.0. The van der Waals surface area contributed by atoms with Crippen molar-refractivity contribution in [2.45, 2.75) is 19.4 Å². The molecule has 5 nitrogen and oxygen atoms in total. The number of nitrogens with zero attached hydrogens (tertiary/aromatic N) is 3. The molecule has 1 atom stereocenters. The van der Waals surface area contributed by atoms with Gasteiger partial charge in [-0.2, -0.15) is 0 Å². The average molecular weight is 491 g/mol. The highest BCUT2D eigenvalue weighted by molar-refractivity contribution is 14.0. The average Bonchev–Trinajstić information content (AvgIpc) is 3.00. The Morgan fingerprint density at radius 2 is 1.96 bits per heavy atom. The van der Waals surface area contributed by atoms with E-state index in [1.54, 1.807) is 18.4 Å². The maximum atomic E-state index is 13.1. The van der Waals surface area contributed by atoms with E-state index in [-0.39, 0.29) is 35.8 Å². The summed E-state index contributed by atoms with van der Waals surface area (Å²) in [6.07, 6.45) is 0.861. The lowest BCUT2D eigenvalue weighted by atomic mass is 10.1. The minimum Gasteiger partial charge on any atom is -0.356 e. The summed E-state index contributed by atoms with van der Waals surface area (Å²) < 4.78 is 13.1. The van der Waals surface area contributed by atoms with Gasteiger partial charge in [-0.15, -0.1) is 35.3 Å². The second-order valence-electron chi connectivity index (χ2n) is 6.02. The Morgan fingerprint density at radius 1 is 1.27 bits per heavy atom. The molecule has 1 aromatic heterocycles. The normalized spacial score (nSPS) is 12.6. The summed E-state index contributed by atoms with van der Waals surface area (Å²) in [5.74, 6) is 0.532. The molecule has 1 aromatic carbocycles. The number of rotatable bonds is 7. The molecule has 0 saturated heterocycles. The number of hydrogen-bond donors (Lipinski definition) is 2. The highest BCUT2D eigenvalue weighted by atomic mass is 127. The van der Waals surface area contributed by atoms with E-state index >= 15 is 0 Å². The Bertz CT molecular complexity index is 687. The number of hydrogen-bond acceptors (Lipinski definition) is 4. The van der Waals surface area contributed by atoms with Crippen LogP contribution in [0.25, 0.3) is 0 Å². The van der Waals surface area contributed by atoms with Crippen molar-refractivity contribution in [1.29, 1.82) is 0 Å². The lowest BCUT2D eigenvalue weighted by molar-refractivity contribution is 0.298. The van der Waals surface area contributed by atoms with Gasteiger partial charge in [0.2, 0.25) is 0 Å². The Hall–Kier alpha value is -1.26. The monoisotopic (exact) mass is 491 g/mol. The highest BCUT2D eigenvalue weighted by Gasteiger charge is 2.14. The van der Waals surface area contributed by atoms with Crippen LogP contribution < -0.4 is 10.6 Å². The summed E-state index contributed by atoms with van der Waals surface area (Å²) in [6.45, 7) is 3.46. The number of aryl methyl sites for hydroxylation is 1. The summed E-state index contributed by atoms with van der Waals surface area (Å²) in [5, 5.41) is 9.82. The summed E-state index contributed by atoms with van der Waals surface area (Å²) in [5.41, 5.74) is 2.16. The Labute approximate surface area is 176 Å². The van der Waals surface area contributed by atoms with Crippen molar-refractivity contribution < 1.29 is 4.39 Å². The molecule has 1 heterocycles. The van der Waals surface area contributed by atoms with E-state index in [1.807, 2.05) is 33.2 Å². The van der Waals surface area contributed by atoms with Crippen LogP contribution in [0.2, 0.25) is 0 Å². The van der Waals surface area contributed by atoms with E-state index in [9.17, 15) is 4.39 Å². The first kappa shape index (κ1) is 22.8. The third kappa shape index (κ3) is 7.16. The number of likely N-dealkylation sites (N-methyl/N-ethyl adjacent to an activating group) is 1. The molecule has 0 amide bonds. The van der Waals surface area contributed by atoms with Gasteiger partial charge < -0.3 is 15.5 Å². The van der Waals surface area contributed by atoms with Crippen molar-refractivity contribution in [3.63, 3.8) is 0 Å². The smallest absolute Gasteiger partial charge is 0.191 e. The number of benzene rings is 1. The van der Waals surface area contributed by atoms with Crippen molar-refractivity contribution in [3.8, 4) is 0 Å². The van der Waals surface area contributed by atoms with Crippen LogP contribution in [0.3, 0.4) is 0 Å². The Balaban J connectivity index is 0.00000338. The van der Waals surface area contributed by atoms with Crippen LogP contribution in [0.1, 0.15) is 22.3 Å². The summed E-state index contributed by atoms with van der Waals surface area (Å²) in [6, 6.07) is 6.76. The number of aromatic nitrogens is 1. The minimum atomic E-state index is -0.219. The van der Waals surface area contributed by atoms with E-state index in [0.717, 1.165) is 35.2 Å². The molecule has 1 unspecified atom stereocenters. The molecule has 26 heavy (non-hydrogen) atoms. The lowest BCUT2D eigenvalue weighted by Gasteiger charge is -2.26. The van der Waals surface area contributed by atoms with Gasteiger partial charge in [0.25, 0.3) is 0 Å². The highest BCUT2D eigenvalue weighted by Crippen LogP contribution is 2.17. The molecule has 8 heteroatoms. The van der Waals surface area contributed by atoms with E-state index in [1.165, 1.54) is 12.1 Å². The van der Waals surface area contributed by atoms with Crippen LogP contribution in [-0.2, 0) is 6.42 Å². The van der Waals surface area contributed by atoms with Crippen molar-refractivity contribution in [1.82, 2.24) is 20.5 Å². The van der Waals surface area contributed by atoms with Gasteiger partial charge in [0.15, 0.2) is 5.96 Å². The lowest BCUT2D eigenvalue weighted by Crippen LogP contribution is -2.42. The number of thiazole rings is 1. The maximum Gasteiger partial charge on any atom is 0.191 e. The van der Waals surface area contributed by atoms with Gasteiger partial charge in [-0.25, -0.2) is 9.37 Å². The van der Waals surface area contributed by atoms with Crippen molar-refractivity contribution in [2.24, 2.45) is 4.99 Å². The zero-order valence-electron chi connectivity index (χ0n) is 15.6. The van der Waals surface area contributed by atoms with Gasteiger partial charge in [-0.1, -0.05) is 12.1 Å². The van der Waals surface area contributed by atoms with Gasteiger partial charge in [0, 0.05) is 31.9 Å². The third-order valence-electron chi connectivity index (χ3n) is 3.90. The molecular weight excluding hydrogens is 464 g/mol. The molecule has 0 bridgehead atoms. The van der Waals surface area contributed by atoms with Crippen LogP contribution in [0.15, 0.2) is 34.6 Å². The number of halogens is 2. The van der Waals surface area contributed by atoms with E-state index in [0.29, 0.717) is 6.54 Å². The Morgan fingerprint density at radius 3 is 2.50 bits per heavy atom. The number of guanidine groups is 1. The van der Waals surface area contributed by atoms with Crippen LogP contribution in [-0.4, -0.2) is 50.1 Å². The second-order valence-corrected chi connectivity index (χ2v) is 7.08. The van der Waals surface area contributed by atoms with Gasteiger partial charge in [-0.05, 0) is 38.7 Å². The predicted molar refractivity (Wildman–Crippen MR) is 118 cm³/mol. The van der Waals surface area contributed by atoms with E-state index in [2.05, 4.69) is 30.9 Å². The van der Waals surface area contributed by atoms with Crippen molar-refractivity contribution in [3.05, 3.63) is 51.7 Å². The zero-order valence-corrected chi connectivity index (χ0v) is 18.8. The van der Waals surface area contributed by atoms with Gasteiger partial charge in [0.05, 0.1) is 16.7 Å². The van der Waals surface area contributed by atoms with Gasteiger partial charge in [0.1, 0.15) is 5.82 Å². The molecule has 0 radical (unpaired) electrons. The fourth-order valence-electron chi connectivity index (χ4n) is 2.53.